The highest BCUT2D eigenvalue weighted by atomic mass is 16.2. The molecule has 0 aliphatic heterocycles. The van der Waals surface area contributed by atoms with Crippen LogP contribution in [0.1, 0.15) is 20.3 Å². The first-order chi connectivity index (χ1) is 8.69. The van der Waals surface area contributed by atoms with Gasteiger partial charge in [0.15, 0.2) is 0 Å². The molecule has 18 heavy (non-hydrogen) atoms. The highest BCUT2D eigenvalue weighted by Crippen LogP contribution is 2.18. The minimum absolute atomic E-state index is 0.153. The molecular weight excluding hydrogens is 224 g/mol. The molecule has 0 radical (unpaired) electrons. The van der Waals surface area contributed by atoms with E-state index in [0.29, 0.717) is 0 Å². The molecule has 0 fully saturated rings. The average Bonchev–Trinajstić information content (AvgIpc) is 2.38. The minimum atomic E-state index is -0.153. The van der Waals surface area contributed by atoms with Crippen LogP contribution in [0.25, 0.3) is 10.8 Å². The topological polar surface area (TPSA) is 41.1 Å². The van der Waals surface area contributed by atoms with Crippen molar-refractivity contribution in [3.63, 3.8) is 0 Å². The highest BCUT2D eigenvalue weighted by Gasteiger charge is 2.05. The fourth-order valence-corrected chi connectivity index (χ4v) is 1.76. The summed E-state index contributed by atoms with van der Waals surface area (Å²) >= 11 is 0. The zero-order valence-electron chi connectivity index (χ0n) is 10.7. The third-order valence-electron chi connectivity index (χ3n) is 3.00. The van der Waals surface area contributed by atoms with Crippen molar-refractivity contribution in [1.29, 1.82) is 0 Å². The van der Waals surface area contributed by atoms with Gasteiger partial charge in [0.05, 0.1) is 0 Å². The maximum absolute atomic E-state index is 11.7. The van der Waals surface area contributed by atoms with Crippen molar-refractivity contribution >= 4 is 22.5 Å². The molecule has 0 saturated heterocycles. The molecule has 2 aromatic carbocycles. The largest absolute Gasteiger partial charge is 0.335 e. The molecule has 94 valence electrons. The molecule has 0 spiro atoms. The van der Waals surface area contributed by atoms with Gasteiger partial charge >= 0.3 is 6.03 Å². The van der Waals surface area contributed by atoms with Gasteiger partial charge in [-0.25, -0.2) is 4.79 Å². The summed E-state index contributed by atoms with van der Waals surface area (Å²) in [6.45, 7) is 4.03. The standard InChI is InChI=1S/C15H18N2O/c1-3-11(2)16-15(18)17-14-9-8-12-6-4-5-7-13(12)10-14/h4-11H,3H2,1-2H3,(H2,16,17,18)/t11-/m1/s1. The summed E-state index contributed by atoms with van der Waals surface area (Å²) in [5.41, 5.74) is 0.814. The van der Waals surface area contributed by atoms with E-state index in [0.717, 1.165) is 17.5 Å². The lowest BCUT2D eigenvalue weighted by molar-refractivity contribution is 0.249. The molecule has 0 aliphatic carbocycles. The lowest BCUT2D eigenvalue weighted by Crippen LogP contribution is -2.35. The number of hydrogen-bond donors (Lipinski definition) is 2. The number of anilines is 1. The number of hydrogen-bond acceptors (Lipinski definition) is 1. The number of carbonyl (C=O) groups excluding carboxylic acids is 1. The van der Waals surface area contributed by atoms with Gasteiger partial charge in [-0.15, -0.1) is 0 Å². The molecule has 2 N–H and O–H groups in total. The van der Waals surface area contributed by atoms with Crippen LogP contribution in [-0.2, 0) is 0 Å². The molecule has 2 aromatic rings. The van der Waals surface area contributed by atoms with Gasteiger partial charge in [-0.3, -0.25) is 0 Å². The van der Waals surface area contributed by atoms with E-state index in [1.165, 1.54) is 5.39 Å². The Bertz CT molecular complexity index is 551. The SMILES string of the molecule is CC[C@@H](C)NC(=O)Nc1ccc2ccccc2c1. The van der Waals surface area contributed by atoms with Crippen LogP contribution in [0.5, 0.6) is 0 Å². The van der Waals surface area contributed by atoms with Crippen molar-refractivity contribution in [1.82, 2.24) is 5.32 Å². The van der Waals surface area contributed by atoms with Crippen LogP contribution >= 0.6 is 0 Å². The minimum Gasteiger partial charge on any atom is -0.335 e. The summed E-state index contributed by atoms with van der Waals surface area (Å²) in [7, 11) is 0. The summed E-state index contributed by atoms with van der Waals surface area (Å²) in [5.74, 6) is 0. The zero-order valence-corrected chi connectivity index (χ0v) is 10.7. The second-order valence-corrected chi connectivity index (χ2v) is 4.47. The van der Waals surface area contributed by atoms with E-state index in [4.69, 9.17) is 0 Å². The molecule has 2 amide bonds. The zero-order chi connectivity index (χ0) is 13.0. The second kappa shape index (κ2) is 5.54. The number of fused-ring (bicyclic) bond motifs is 1. The maximum Gasteiger partial charge on any atom is 0.319 e. The van der Waals surface area contributed by atoms with Gasteiger partial charge in [0.1, 0.15) is 0 Å². The normalized spacial score (nSPS) is 12.1. The van der Waals surface area contributed by atoms with Crippen LogP contribution in [0.4, 0.5) is 10.5 Å². The van der Waals surface area contributed by atoms with Crippen LogP contribution in [0, 0.1) is 0 Å². The summed E-state index contributed by atoms with van der Waals surface area (Å²) < 4.78 is 0. The Kier molecular flexibility index (Phi) is 3.82. The van der Waals surface area contributed by atoms with Gasteiger partial charge in [-0.1, -0.05) is 37.3 Å². The highest BCUT2D eigenvalue weighted by molar-refractivity contribution is 5.93. The predicted molar refractivity (Wildman–Crippen MR) is 75.9 cm³/mol. The van der Waals surface area contributed by atoms with E-state index in [1.54, 1.807) is 0 Å². The molecule has 0 bridgehead atoms. The molecular formula is C15H18N2O. The fourth-order valence-electron chi connectivity index (χ4n) is 1.76. The summed E-state index contributed by atoms with van der Waals surface area (Å²) in [4.78, 5) is 11.7. The summed E-state index contributed by atoms with van der Waals surface area (Å²) in [5, 5.41) is 8.02. The molecule has 0 heterocycles. The fraction of sp³-hybridized carbons (Fsp3) is 0.267. The quantitative estimate of drug-likeness (QED) is 0.845. The number of nitrogens with one attached hydrogen (secondary N) is 2. The van der Waals surface area contributed by atoms with Gasteiger partial charge in [0.2, 0.25) is 0 Å². The molecule has 3 nitrogen and oxygen atoms in total. The van der Waals surface area contributed by atoms with Crippen molar-refractivity contribution in [2.24, 2.45) is 0 Å². The summed E-state index contributed by atoms with van der Waals surface area (Å²) in [6, 6.07) is 14.0. The second-order valence-electron chi connectivity index (χ2n) is 4.47. The molecule has 0 saturated carbocycles. The molecule has 2 rings (SSSR count). The van der Waals surface area contributed by atoms with Crippen molar-refractivity contribution in [3.8, 4) is 0 Å². The van der Waals surface area contributed by atoms with Crippen LogP contribution in [0.2, 0.25) is 0 Å². The smallest absolute Gasteiger partial charge is 0.319 e. The first-order valence-electron chi connectivity index (χ1n) is 6.25. The Balaban J connectivity index is 2.10. The summed E-state index contributed by atoms with van der Waals surface area (Å²) in [6.07, 6.45) is 0.922. The van der Waals surface area contributed by atoms with Gasteiger partial charge in [0, 0.05) is 11.7 Å². The first-order valence-corrected chi connectivity index (χ1v) is 6.25. The van der Waals surface area contributed by atoms with Gasteiger partial charge in [-0.05, 0) is 36.2 Å². The van der Waals surface area contributed by atoms with E-state index in [9.17, 15) is 4.79 Å². The molecule has 1 atom stereocenters. The Hall–Kier alpha value is -2.03. The number of urea groups is 1. The third kappa shape index (κ3) is 3.00. The van der Waals surface area contributed by atoms with Gasteiger partial charge in [-0.2, -0.15) is 0 Å². The number of rotatable bonds is 3. The number of amides is 2. The van der Waals surface area contributed by atoms with Crippen LogP contribution in [0.15, 0.2) is 42.5 Å². The third-order valence-corrected chi connectivity index (χ3v) is 3.00. The number of carbonyl (C=O) groups is 1. The Morgan fingerprint density at radius 3 is 2.61 bits per heavy atom. The van der Waals surface area contributed by atoms with Crippen molar-refractivity contribution in [2.45, 2.75) is 26.3 Å². The average molecular weight is 242 g/mol. The molecule has 0 unspecified atom stereocenters. The Morgan fingerprint density at radius 2 is 1.89 bits per heavy atom. The maximum atomic E-state index is 11.7. The number of benzene rings is 2. The van der Waals surface area contributed by atoms with Crippen molar-refractivity contribution < 1.29 is 4.79 Å². The van der Waals surface area contributed by atoms with Crippen LogP contribution in [-0.4, -0.2) is 12.1 Å². The van der Waals surface area contributed by atoms with Gasteiger partial charge in [0.25, 0.3) is 0 Å². The Morgan fingerprint density at radius 1 is 1.17 bits per heavy atom. The molecule has 0 aliphatic rings. The van der Waals surface area contributed by atoms with E-state index in [2.05, 4.69) is 16.7 Å². The Labute approximate surface area is 107 Å². The lowest BCUT2D eigenvalue weighted by atomic mass is 10.1. The van der Waals surface area contributed by atoms with E-state index >= 15 is 0 Å². The first kappa shape index (κ1) is 12.4. The van der Waals surface area contributed by atoms with Crippen LogP contribution < -0.4 is 10.6 Å². The van der Waals surface area contributed by atoms with E-state index < -0.39 is 0 Å². The van der Waals surface area contributed by atoms with Gasteiger partial charge < -0.3 is 10.6 Å². The lowest BCUT2D eigenvalue weighted by Gasteiger charge is -2.12. The van der Waals surface area contributed by atoms with E-state index in [1.807, 2.05) is 50.2 Å². The monoisotopic (exact) mass is 242 g/mol. The molecule has 0 aromatic heterocycles. The van der Waals surface area contributed by atoms with E-state index in [-0.39, 0.29) is 12.1 Å². The van der Waals surface area contributed by atoms with Crippen molar-refractivity contribution in [3.05, 3.63) is 42.5 Å². The van der Waals surface area contributed by atoms with Crippen molar-refractivity contribution in [2.75, 3.05) is 5.32 Å². The molecule has 3 heteroatoms. The predicted octanol–water partition coefficient (Wildman–Crippen LogP) is 3.76. The van der Waals surface area contributed by atoms with Crippen LogP contribution in [0.3, 0.4) is 0 Å².